The lowest BCUT2D eigenvalue weighted by atomic mass is 9.95. The molecule has 1 aromatic rings. The number of hydrogen-bond acceptors (Lipinski definition) is 0. The summed E-state index contributed by atoms with van der Waals surface area (Å²) in [5.74, 6) is 1.39. The quantitative estimate of drug-likeness (QED) is 0.295. The minimum absolute atomic E-state index is 0.617. The molecule has 1 rings (SSSR count). The maximum absolute atomic E-state index is 6.14. The number of alkyl halides is 1. The van der Waals surface area contributed by atoms with Gasteiger partial charge in [0.15, 0.2) is 0 Å². The van der Waals surface area contributed by atoms with Crippen molar-refractivity contribution >= 4 is 27.5 Å². The van der Waals surface area contributed by atoms with E-state index in [-0.39, 0.29) is 0 Å². The highest BCUT2D eigenvalue weighted by Crippen LogP contribution is 2.23. The largest absolute Gasteiger partial charge is 0.126 e. The Kier molecular flexibility index (Phi) is 10.5. The summed E-state index contributed by atoms with van der Waals surface area (Å²) in [7, 11) is 0. The van der Waals surface area contributed by atoms with Crippen LogP contribution in [0.5, 0.6) is 0 Å². The van der Waals surface area contributed by atoms with E-state index >= 15 is 0 Å². The summed E-state index contributed by atoms with van der Waals surface area (Å²) in [6.45, 7) is 2.27. The van der Waals surface area contributed by atoms with Crippen molar-refractivity contribution in [3.05, 3.63) is 34.3 Å². The molecule has 0 N–H and O–H groups in total. The van der Waals surface area contributed by atoms with Crippen LogP contribution in [0.4, 0.5) is 0 Å². The van der Waals surface area contributed by atoms with Gasteiger partial charge in [-0.1, -0.05) is 86.0 Å². The average molecular weight is 360 g/mol. The Morgan fingerprint density at radius 1 is 1.00 bits per heavy atom. The Balaban J connectivity index is 2.18. The highest BCUT2D eigenvalue weighted by atomic mass is 79.9. The summed E-state index contributed by atoms with van der Waals surface area (Å²) in [5, 5.41) is 0. The molecule has 1 unspecified atom stereocenters. The van der Waals surface area contributed by atoms with E-state index in [2.05, 4.69) is 47.1 Å². The topological polar surface area (TPSA) is 0 Å². The van der Waals surface area contributed by atoms with Gasteiger partial charge in [-0.25, -0.2) is 0 Å². The fourth-order valence-electron chi connectivity index (χ4n) is 2.60. The van der Waals surface area contributed by atoms with E-state index in [1.807, 2.05) is 0 Å². The Hall–Kier alpha value is -0.0100. The molecule has 1 aromatic carbocycles. The molecule has 0 spiro atoms. The fraction of sp³-hybridized carbons (Fsp3) is 0.667. The molecule has 2 heteroatoms. The fourth-order valence-corrected chi connectivity index (χ4v) is 3.31. The van der Waals surface area contributed by atoms with Gasteiger partial charge in [0, 0.05) is 10.4 Å². The number of benzene rings is 1. The first-order valence-electron chi connectivity index (χ1n) is 8.07. The van der Waals surface area contributed by atoms with Gasteiger partial charge in [0.05, 0.1) is 0 Å². The summed E-state index contributed by atoms with van der Waals surface area (Å²) >= 11 is 9.76. The van der Waals surface area contributed by atoms with Crippen LogP contribution in [0.15, 0.2) is 28.7 Å². The first-order chi connectivity index (χ1) is 9.77. The summed E-state index contributed by atoms with van der Waals surface area (Å²) < 4.78 is 1.22. The van der Waals surface area contributed by atoms with Crippen molar-refractivity contribution in [3.8, 4) is 0 Å². The monoisotopic (exact) mass is 358 g/mol. The van der Waals surface area contributed by atoms with Gasteiger partial charge in [-0.05, 0) is 30.4 Å². The van der Waals surface area contributed by atoms with Gasteiger partial charge < -0.3 is 0 Å². The van der Waals surface area contributed by atoms with E-state index in [0.717, 1.165) is 12.3 Å². The molecule has 0 heterocycles. The van der Waals surface area contributed by atoms with Crippen molar-refractivity contribution < 1.29 is 0 Å². The lowest BCUT2D eigenvalue weighted by Crippen LogP contribution is -2.07. The second kappa shape index (κ2) is 11.6. The molecule has 0 saturated carbocycles. The highest BCUT2D eigenvalue weighted by Gasteiger charge is 2.10. The van der Waals surface area contributed by atoms with E-state index in [4.69, 9.17) is 11.6 Å². The summed E-state index contributed by atoms with van der Waals surface area (Å²) in [4.78, 5) is 0. The molecule has 0 amide bonds. The van der Waals surface area contributed by atoms with Gasteiger partial charge in [-0.15, -0.1) is 11.6 Å². The molecule has 1 atom stereocenters. The van der Waals surface area contributed by atoms with Crippen LogP contribution in [0.25, 0.3) is 0 Å². The maximum Gasteiger partial charge on any atom is 0.0254 e. The normalized spacial score (nSPS) is 12.6. The van der Waals surface area contributed by atoms with Crippen LogP contribution in [-0.4, -0.2) is 5.88 Å². The van der Waals surface area contributed by atoms with Crippen molar-refractivity contribution in [2.75, 3.05) is 5.88 Å². The maximum atomic E-state index is 6.14. The van der Waals surface area contributed by atoms with Gasteiger partial charge in [0.25, 0.3) is 0 Å². The lowest BCUT2D eigenvalue weighted by Gasteiger charge is -2.14. The summed E-state index contributed by atoms with van der Waals surface area (Å²) in [6, 6.07) is 8.50. The molecule has 0 fully saturated rings. The van der Waals surface area contributed by atoms with Crippen LogP contribution in [0.3, 0.4) is 0 Å². The standard InChI is InChI=1S/C18H28BrCl/c1-2-3-4-5-6-7-8-11-16(15-20)14-17-12-9-10-13-18(17)19/h9-10,12-13,16H,2-8,11,14-15H2,1H3. The van der Waals surface area contributed by atoms with Crippen LogP contribution in [0, 0.1) is 5.92 Å². The number of hydrogen-bond donors (Lipinski definition) is 0. The van der Waals surface area contributed by atoms with Gasteiger partial charge in [-0.2, -0.15) is 0 Å². The Morgan fingerprint density at radius 3 is 2.30 bits per heavy atom. The molecule has 0 radical (unpaired) electrons. The number of rotatable bonds is 11. The molecular formula is C18H28BrCl. The van der Waals surface area contributed by atoms with Gasteiger partial charge in [0.2, 0.25) is 0 Å². The molecule has 0 aliphatic carbocycles. The summed E-state index contributed by atoms with van der Waals surface area (Å²) in [6.07, 6.45) is 12.0. The van der Waals surface area contributed by atoms with Gasteiger partial charge >= 0.3 is 0 Å². The van der Waals surface area contributed by atoms with E-state index in [1.165, 1.54) is 61.4 Å². The molecule has 0 nitrogen and oxygen atoms in total. The van der Waals surface area contributed by atoms with Crippen molar-refractivity contribution in [1.82, 2.24) is 0 Å². The lowest BCUT2D eigenvalue weighted by molar-refractivity contribution is 0.483. The van der Waals surface area contributed by atoms with Gasteiger partial charge in [-0.3, -0.25) is 0 Å². The predicted octanol–water partition coefficient (Wildman–Crippen LogP) is 6.99. The Labute approximate surface area is 138 Å². The third-order valence-electron chi connectivity index (χ3n) is 3.90. The minimum atomic E-state index is 0.617. The zero-order chi connectivity index (χ0) is 14.6. The molecule has 0 bridgehead atoms. The van der Waals surface area contributed by atoms with Crippen molar-refractivity contribution in [2.24, 2.45) is 5.92 Å². The predicted molar refractivity (Wildman–Crippen MR) is 94.7 cm³/mol. The average Bonchev–Trinajstić information content (AvgIpc) is 2.47. The van der Waals surface area contributed by atoms with E-state index in [1.54, 1.807) is 0 Å². The second-order valence-corrected chi connectivity index (χ2v) is 6.89. The highest BCUT2D eigenvalue weighted by molar-refractivity contribution is 9.10. The first-order valence-corrected chi connectivity index (χ1v) is 9.40. The zero-order valence-electron chi connectivity index (χ0n) is 12.7. The van der Waals surface area contributed by atoms with Crippen LogP contribution < -0.4 is 0 Å². The molecular weight excluding hydrogens is 332 g/mol. The van der Waals surface area contributed by atoms with Crippen LogP contribution in [-0.2, 0) is 6.42 Å². The molecule has 20 heavy (non-hydrogen) atoms. The van der Waals surface area contributed by atoms with E-state index < -0.39 is 0 Å². The van der Waals surface area contributed by atoms with Crippen molar-refractivity contribution in [1.29, 1.82) is 0 Å². The Bertz CT molecular complexity index is 351. The van der Waals surface area contributed by atoms with Gasteiger partial charge in [0.1, 0.15) is 0 Å². The third kappa shape index (κ3) is 7.69. The minimum Gasteiger partial charge on any atom is -0.126 e. The van der Waals surface area contributed by atoms with Crippen molar-refractivity contribution in [3.63, 3.8) is 0 Å². The van der Waals surface area contributed by atoms with Crippen LogP contribution in [0.2, 0.25) is 0 Å². The van der Waals surface area contributed by atoms with Crippen LogP contribution in [0.1, 0.15) is 63.9 Å². The van der Waals surface area contributed by atoms with E-state index in [0.29, 0.717) is 5.92 Å². The van der Waals surface area contributed by atoms with Crippen molar-refractivity contribution in [2.45, 2.75) is 64.7 Å². The number of unbranched alkanes of at least 4 members (excludes halogenated alkanes) is 6. The Morgan fingerprint density at radius 2 is 1.65 bits per heavy atom. The zero-order valence-corrected chi connectivity index (χ0v) is 15.1. The third-order valence-corrected chi connectivity index (χ3v) is 5.11. The van der Waals surface area contributed by atoms with E-state index in [9.17, 15) is 0 Å². The summed E-state index contributed by atoms with van der Waals surface area (Å²) in [5.41, 5.74) is 1.39. The SMILES string of the molecule is CCCCCCCCCC(CCl)Cc1ccccc1Br. The number of halogens is 2. The molecule has 114 valence electrons. The molecule has 0 aliphatic rings. The van der Waals surface area contributed by atoms with Crippen LogP contribution >= 0.6 is 27.5 Å². The first kappa shape index (κ1) is 18.0. The molecule has 0 aliphatic heterocycles. The second-order valence-electron chi connectivity index (χ2n) is 5.73. The molecule has 0 aromatic heterocycles. The smallest absolute Gasteiger partial charge is 0.0254 e. The molecule has 0 saturated heterocycles.